The summed E-state index contributed by atoms with van der Waals surface area (Å²) >= 11 is 0. The van der Waals surface area contributed by atoms with E-state index < -0.39 is 0 Å². The standard InChI is InChI=1S/C50H28O/c1-2-8-36-28-45-44(26-35(36)7-1)49-42(40-22-20-34-18-17-31-9-5-10-32-21-23-41(40)48(34)46(31)32)25-24-39(50(49)51-45)37-19-14-30-13-16-33-15-12-29-6-3-4-11-38(29)47(33)43(30)27-37/h1-28H. The topological polar surface area (TPSA) is 13.1 Å². The zero-order chi connectivity index (χ0) is 33.2. The molecule has 12 aromatic rings. The Morgan fingerprint density at radius 1 is 0.275 bits per heavy atom. The van der Waals surface area contributed by atoms with Crippen LogP contribution in [-0.2, 0) is 0 Å². The Bertz CT molecular complexity index is 3400. The van der Waals surface area contributed by atoms with Crippen molar-refractivity contribution in [3.63, 3.8) is 0 Å². The quantitative estimate of drug-likeness (QED) is 0.171. The zero-order valence-corrected chi connectivity index (χ0v) is 27.6. The predicted octanol–water partition coefficient (Wildman–Crippen LogP) is 14.4. The highest BCUT2D eigenvalue weighted by atomic mass is 16.3. The first kappa shape index (κ1) is 27.2. The molecule has 0 N–H and O–H groups in total. The minimum absolute atomic E-state index is 0.910. The van der Waals surface area contributed by atoms with Crippen LogP contribution in [0.15, 0.2) is 174 Å². The summed E-state index contributed by atoms with van der Waals surface area (Å²) in [4.78, 5) is 0. The number of hydrogen-bond acceptors (Lipinski definition) is 1. The van der Waals surface area contributed by atoms with E-state index in [2.05, 4.69) is 170 Å². The van der Waals surface area contributed by atoms with Gasteiger partial charge >= 0.3 is 0 Å². The first-order valence-electron chi connectivity index (χ1n) is 17.7. The highest BCUT2D eigenvalue weighted by Gasteiger charge is 2.21. The fourth-order valence-corrected chi connectivity index (χ4v) is 8.98. The second-order valence-electron chi connectivity index (χ2n) is 14.0. The van der Waals surface area contributed by atoms with Crippen molar-refractivity contribution < 1.29 is 4.42 Å². The van der Waals surface area contributed by atoms with Crippen molar-refractivity contribution in [1.82, 2.24) is 0 Å². The van der Waals surface area contributed by atoms with Gasteiger partial charge in [-0.1, -0.05) is 146 Å². The molecule has 0 aliphatic carbocycles. The lowest BCUT2D eigenvalue weighted by atomic mass is 9.87. The van der Waals surface area contributed by atoms with Gasteiger partial charge in [0.1, 0.15) is 11.2 Å². The van der Waals surface area contributed by atoms with Gasteiger partial charge in [-0.05, 0) is 116 Å². The van der Waals surface area contributed by atoms with Crippen molar-refractivity contribution >= 4 is 97.3 Å². The molecule has 0 aliphatic rings. The molecule has 0 bridgehead atoms. The fourth-order valence-electron chi connectivity index (χ4n) is 8.98. The van der Waals surface area contributed by atoms with Crippen LogP contribution in [0.3, 0.4) is 0 Å². The van der Waals surface area contributed by atoms with Crippen LogP contribution >= 0.6 is 0 Å². The molecule has 0 saturated carbocycles. The summed E-state index contributed by atoms with van der Waals surface area (Å²) in [7, 11) is 0. The molecule has 0 radical (unpaired) electrons. The lowest BCUT2D eigenvalue weighted by molar-refractivity contribution is 0.670. The van der Waals surface area contributed by atoms with Crippen molar-refractivity contribution in [2.24, 2.45) is 0 Å². The van der Waals surface area contributed by atoms with Gasteiger partial charge in [0.15, 0.2) is 0 Å². The Balaban J connectivity index is 1.19. The fraction of sp³-hybridized carbons (Fsp3) is 0. The molecular formula is C50H28O. The van der Waals surface area contributed by atoms with Gasteiger partial charge in [-0.3, -0.25) is 0 Å². The highest BCUT2D eigenvalue weighted by Crippen LogP contribution is 2.47. The number of hydrogen-bond donors (Lipinski definition) is 0. The molecule has 1 heteroatoms. The third-order valence-corrected chi connectivity index (χ3v) is 11.3. The Labute approximate surface area is 292 Å². The summed E-state index contributed by atoms with van der Waals surface area (Å²) in [6.45, 7) is 0. The lowest BCUT2D eigenvalue weighted by Crippen LogP contribution is -1.89. The normalized spacial score (nSPS) is 12.3. The van der Waals surface area contributed by atoms with Gasteiger partial charge in [0.25, 0.3) is 0 Å². The maximum Gasteiger partial charge on any atom is 0.143 e. The molecule has 0 unspecified atom stereocenters. The lowest BCUT2D eigenvalue weighted by Gasteiger charge is -2.15. The minimum atomic E-state index is 0.910. The van der Waals surface area contributed by atoms with E-state index in [1.165, 1.54) is 86.5 Å². The van der Waals surface area contributed by atoms with Crippen LogP contribution in [0.25, 0.3) is 120 Å². The average Bonchev–Trinajstić information content (AvgIpc) is 3.56. The summed E-state index contributed by atoms with van der Waals surface area (Å²) in [6.07, 6.45) is 0. The molecule has 51 heavy (non-hydrogen) atoms. The van der Waals surface area contributed by atoms with Gasteiger partial charge in [-0.25, -0.2) is 0 Å². The van der Waals surface area contributed by atoms with Gasteiger partial charge in [-0.15, -0.1) is 0 Å². The molecule has 1 heterocycles. The SMILES string of the molecule is c1ccc2cc3c(cc2c1)oc1c(-c2ccc4ccc5ccc6ccccc6c5c4c2)ccc(-c2ccc4ccc5cccc6ccc2c4c56)c13. The average molecular weight is 645 g/mol. The third-order valence-electron chi connectivity index (χ3n) is 11.3. The van der Waals surface area contributed by atoms with E-state index in [4.69, 9.17) is 4.42 Å². The maximum atomic E-state index is 7.00. The second kappa shape index (κ2) is 9.94. The van der Waals surface area contributed by atoms with Crippen LogP contribution in [0.1, 0.15) is 0 Å². The van der Waals surface area contributed by atoms with Gasteiger partial charge in [0, 0.05) is 16.3 Å². The number of furan rings is 1. The van der Waals surface area contributed by atoms with Gasteiger partial charge < -0.3 is 4.42 Å². The Morgan fingerprint density at radius 2 is 0.843 bits per heavy atom. The van der Waals surface area contributed by atoms with Crippen molar-refractivity contribution in [2.75, 3.05) is 0 Å². The van der Waals surface area contributed by atoms with Crippen LogP contribution < -0.4 is 0 Å². The predicted molar refractivity (Wildman–Crippen MR) is 218 cm³/mol. The van der Waals surface area contributed by atoms with Gasteiger partial charge in [0.2, 0.25) is 0 Å². The Hall–Kier alpha value is -6.70. The molecule has 0 atom stereocenters. The first-order chi connectivity index (χ1) is 25.3. The molecule has 0 fully saturated rings. The molecule has 0 saturated heterocycles. The first-order valence-corrected chi connectivity index (χ1v) is 17.7. The smallest absolute Gasteiger partial charge is 0.143 e. The summed E-state index contributed by atoms with van der Waals surface area (Å²) < 4.78 is 7.00. The summed E-state index contributed by atoms with van der Waals surface area (Å²) in [5, 5.41) is 20.0. The van der Waals surface area contributed by atoms with E-state index in [0.29, 0.717) is 0 Å². The monoisotopic (exact) mass is 644 g/mol. The van der Waals surface area contributed by atoms with E-state index in [1.807, 2.05) is 0 Å². The largest absolute Gasteiger partial charge is 0.455 e. The third kappa shape index (κ3) is 3.75. The van der Waals surface area contributed by atoms with E-state index in [1.54, 1.807) is 0 Å². The van der Waals surface area contributed by atoms with Crippen LogP contribution in [0.2, 0.25) is 0 Å². The van der Waals surface area contributed by atoms with Crippen molar-refractivity contribution in [3.05, 3.63) is 170 Å². The van der Waals surface area contributed by atoms with E-state index >= 15 is 0 Å². The minimum Gasteiger partial charge on any atom is -0.455 e. The van der Waals surface area contributed by atoms with Crippen LogP contribution in [0, 0.1) is 0 Å². The molecule has 0 spiro atoms. The Morgan fingerprint density at radius 3 is 1.67 bits per heavy atom. The molecule has 11 aromatic carbocycles. The number of fused-ring (bicyclic) bond motifs is 9. The molecule has 1 nitrogen and oxygen atoms in total. The van der Waals surface area contributed by atoms with E-state index in [9.17, 15) is 0 Å². The summed E-state index contributed by atoms with van der Waals surface area (Å²) in [5.74, 6) is 0. The van der Waals surface area contributed by atoms with Gasteiger partial charge in [-0.2, -0.15) is 0 Å². The molecule has 234 valence electrons. The summed E-state index contributed by atoms with van der Waals surface area (Å²) in [6, 6.07) is 62.6. The zero-order valence-electron chi connectivity index (χ0n) is 27.6. The molecule has 1 aromatic heterocycles. The number of rotatable bonds is 2. The van der Waals surface area contributed by atoms with Crippen LogP contribution in [-0.4, -0.2) is 0 Å². The molecule has 12 rings (SSSR count). The van der Waals surface area contributed by atoms with Crippen molar-refractivity contribution in [2.45, 2.75) is 0 Å². The van der Waals surface area contributed by atoms with E-state index in [-0.39, 0.29) is 0 Å². The summed E-state index contributed by atoms with van der Waals surface area (Å²) in [5.41, 5.74) is 6.51. The second-order valence-corrected chi connectivity index (χ2v) is 14.0. The van der Waals surface area contributed by atoms with E-state index in [0.717, 1.165) is 33.1 Å². The van der Waals surface area contributed by atoms with Crippen LogP contribution in [0.5, 0.6) is 0 Å². The van der Waals surface area contributed by atoms with Crippen molar-refractivity contribution in [3.8, 4) is 22.3 Å². The van der Waals surface area contributed by atoms with Crippen LogP contribution in [0.4, 0.5) is 0 Å². The van der Waals surface area contributed by atoms with Crippen molar-refractivity contribution in [1.29, 1.82) is 0 Å². The molecule has 0 amide bonds. The highest BCUT2D eigenvalue weighted by molar-refractivity contribution is 6.28. The molecular weight excluding hydrogens is 617 g/mol. The maximum absolute atomic E-state index is 7.00. The Kier molecular flexibility index (Phi) is 5.29. The molecule has 0 aliphatic heterocycles. The number of benzene rings is 11. The van der Waals surface area contributed by atoms with Gasteiger partial charge in [0.05, 0.1) is 0 Å².